The molecule has 1 saturated heterocycles. The third-order valence-corrected chi connectivity index (χ3v) is 4.55. The van der Waals surface area contributed by atoms with Crippen LogP contribution in [0.25, 0.3) is 0 Å². The Bertz CT molecular complexity index is 729. The summed E-state index contributed by atoms with van der Waals surface area (Å²) in [7, 11) is 1.49. The number of phenols is 1. The van der Waals surface area contributed by atoms with E-state index in [1.54, 1.807) is 23.1 Å². The molecule has 0 aromatic heterocycles. The highest BCUT2D eigenvalue weighted by Gasteiger charge is 2.33. The van der Waals surface area contributed by atoms with Crippen molar-refractivity contribution in [3.8, 4) is 11.5 Å². The van der Waals surface area contributed by atoms with Crippen molar-refractivity contribution in [1.82, 2.24) is 15.5 Å². The van der Waals surface area contributed by atoms with E-state index >= 15 is 0 Å². The Balaban J connectivity index is 1.98. The predicted octanol–water partition coefficient (Wildman–Crippen LogP) is 1.05. The summed E-state index contributed by atoms with van der Waals surface area (Å²) in [5.74, 6) is 0.337. The Morgan fingerprint density at radius 1 is 1.40 bits per heavy atom. The molecular formula is C17H21N3O4S. The molecule has 2 heterocycles. The van der Waals surface area contributed by atoms with Crippen molar-refractivity contribution in [2.45, 2.75) is 13.0 Å². The van der Waals surface area contributed by atoms with Crippen LogP contribution in [0.3, 0.4) is 0 Å². The van der Waals surface area contributed by atoms with Crippen LogP contribution in [0.4, 0.5) is 0 Å². The average Bonchev–Trinajstić information content (AvgIpc) is 2.62. The van der Waals surface area contributed by atoms with Crippen molar-refractivity contribution < 1.29 is 19.4 Å². The highest BCUT2D eigenvalue weighted by molar-refractivity contribution is 7.80. The lowest BCUT2D eigenvalue weighted by Gasteiger charge is -2.35. The second-order valence-corrected chi connectivity index (χ2v) is 6.31. The van der Waals surface area contributed by atoms with Gasteiger partial charge < -0.3 is 30.1 Å². The predicted molar refractivity (Wildman–Crippen MR) is 96.4 cm³/mol. The van der Waals surface area contributed by atoms with Crippen LogP contribution in [-0.2, 0) is 9.53 Å². The maximum atomic E-state index is 13.1. The van der Waals surface area contributed by atoms with E-state index in [1.165, 1.54) is 7.11 Å². The molecular weight excluding hydrogens is 342 g/mol. The van der Waals surface area contributed by atoms with E-state index in [2.05, 4.69) is 10.6 Å². The van der Waals surface area contributed by atoms with Crippen LogP contribution in [0.2, 0.25) is 0 Å². The van der Waals surface area contributed by atoms with Crippen molar-refractivity contribution in [2.75, 3.05) is 33.4 Å². The zero-order chi connectivity index (χ0) is 18.0. The molecule has 0 unspecified atom stereocenters. The van der Waals surface area contributed by atoms with Crippen LogP contribution in [0, 0.1) is 0 Å². The Morgan fingerprint density at radius 3 is 2.80 bits per heavy atom. The summed E-state index contributed by atoms with van der Waals surface area (Å²) in [5.41, 5.74) is 2.11. The van der Waals surface area contributed by atoms with Crippen LogP contribution >= 0.6 is 12.2 Å². The minimum atomic E-state index is -0.418. The van der Waals surface area contributed by atoms with Crippen LogP contribution in [-0.4, -0.2) is 54.4 Å². The molecule has 7 nitrogen and oxygen atoms in total. The maximum Gasteiger partial charge on any atom is 0.254 e. The third kappa shape index (κ3) is 3.54. The summed E-state index contributed by atoms with van der Waals surface area (Å²) in [4.78, 5) is 14.9. The molecule has 2 aliphatic rings. The molecule has 3 rings (SSSR count). The van der Waals surface area contributed by atoms with E-state index in [-0.39, 0.29) is 11.7 Å². The zero-order valence-corrected chi connectivity index (χ0v) is 15.0. The van der Waals surface area contributed by atoms with Crippen LogP contribution in [0.1, 0.15) is 18.5 Å². The number of thiocarbonyl (C=S) groups is 1. The summed E-state index contributed by atoms with van der Waals surface area (Å²) in [6.07, 6.45) is 0. The van der Waals surface area contributed by atoms with Crippen molar-refractivity contribution in [1.29, 1.82) is 0 Å². The average molecular weight is 363 g/mol. The number of morpholine rings is 1. The van der Waals surface area contributed by atoms with Gasteiger partial charge >= 0.3 is 0 Å². The number of allylic oxidation sites excluding steroid dienone is 1. The van der Waals surface area contributed by atoms with Crippen LogP contribution < -0.4 is 15.4 Å². The van der Waals surface area contributed by atoms with Crippen molar-refractivity contribution >= 4 is 23.2 Å². The van der Waals surface area contributed by atoms with Gasteiger partial charge in [-0.2, -0.15) is 0 Å². The minimum absolute atomic E-state index is 0.0459. The first-order valence-corrected chi connectivity index (χ1v) is 8.44. The van der Waals surface area contributed by atoms with Gasteiger partial charge in [0.15, 0.2) is 16.6 Å². The van der Waals surface area contributed by atoms with Gasteiger partial charge in [-0.05, 0) is 36.8 Å². The monoisotopic (exact) mass is 363 g/mol. The van der Waals surface area contributed by atoms with Crippen LogP contribution in [0.5, 0.6) is 11.5 Å². The topological polar surface area (TPSA) is 83.1 Å². The molecule has 1 aromatic rings. The number of phenolic OH excluding ortho intramolecular Hbond substituents is 1. The number of ether oxygens (including phenoxy) is 2. The number of methoxy groups -OCH3 is 1. The SMILES string of the molecule is COc1cc([C@@H]2NC(=S)NC(C)=C2C(=O)N2CCOCC2)ccc1O. The fraction of sp³-hybridized carbons (Fsp3) is 0.412. The molecule has 134 valence electrons. The minimum Gasteiger partial charge on any atom is -0.504 e. The standard InChI is InChI=1S/C17H21N3O4S/c1-10-14(16(22)20-5-7-24-8-6-20)15(19-17(25)18-10)11-3-4-12(21)13(9-11)23-2/h3-4,9,15,21H,5-8H2,1-2H3,(H2,18,19,25)/t15-/m0/s1. The Kier molecular flexibility index (Phi) is 5.10. The van der Waals surface area contributed by atoms with Gasteiger partial charge in [0.2, 0.25) is 0 Å². The van der Waals surface area contributed by atoms with Crippen molar-refractivity contribution in [2.24, 2.45) is 0 Å². The van der Waals surface area contributed by atoms with E-state index in [0.29, 0.717) is 42.7 Å². The number of nitrogens with one attached hydrogen (secondary N) is 2. The summed E-state index contributed by atoms with van der Waals surface area (Å²) in [6, 6.07) is 4.59. The molecule has 8 heteroatoms. The Hall–Kier alpha value is -2.32. The first-order chi connectivity index (χ1) is 12.0. The molecule has 0 radical (unpaired) electrons. The molecule has 0 bridgehead atoms. The van der Waals surface area contributed by atoms with Gasteiger partial charge in [-0.1, -0.05) is 6.07 Å². The third-order valence-electron chi connectivity index (χ3n) is 4.33. The summed E-state index contributed by atoms with van der Waals surface area (Å²) in [6.45, 7) is 4.03. The summed E-state index contributed by atoms with van der Waals surface area (Å²) < 4.78 is 10.5. The highest BCUT2D eigenvalue weighted by Crippen LogP contribution is 2.34. The summed E-state index contributed by atoms with van der Waals surface area (Å²) >= 11 is 5.26. The largest absolute Gasteiger partial charge is 0.504 e. The molecule has 1 atom stereocenters. The van der Waals surface area contributed by atoms with Crippen molar-refractivity contribution in [3.63, 3.8) is 0 Å². The Labute approximate surface area is 151 Å². The lowest BCUT2D eigenvalue weighted by Crippen LogP contribution is -2.49. The molecule has 25 heavy (non-hydrogen) atoms. The van der Waals surface area contributed by atoms with Gasteiger partial charge in [0.25, 0.3) is 5.91 Å². The van der Waals surface area contributed by atoms with Gasteiger partial charge in [-0.3, -0.25) is 4.79 Å². The number of rotatable bonds is 3. The second kappa shape index (κ2) is 7.28. The number of amides is 1. The molecule has 2 aliphatic heterocycles. The van der Waals surface area contributed by atoms with Gasteiger partial charge in [0.1, 0.15) is 0 Å². The molecule has 3 N–H and O–H groups in total. The quantitative estimate of drug-likeness (QED) is 0.693. The van der Waals surface area contributed by atoms with Gasteiger partial charge in [0.05, 0.1) is 31.9 Å². The molecule has 1 amide bonds. The second-order valence-electron chi connectivity index (χ2n) is 5.91. The van der Waals surface area contributed by atoms with Gasteiger partial charge in [-0.15, -0.1) is 0 Å². The number of hydrogen-bond acceptors (Lipinski definition) is 5. The number of hydrogen-bond donors (Lipinski definition) is 3. The van der Waals surface area contributed by atoms with E-state index < -0.39 is 6.04 Å². The fourth-order valence-corrected chi connectivity index (χ4v) is 3.31. The van der Waals surface area contributed by atoms with E-state index in [0.717, 1.165) is 11.3 Å². The molecule has 0 saturated carbocycles. The Morgan fingerprint density at radius 2 is 2.12 bits per heavy atom. The highest BCUT2D eigenvalue weighted by atomic mass is 32.1. The zero-order valence-electron chi connectivity index (χ0n) is 14.2. The first-order valence-electron chi connectivity index (χ1n) is 8.03. The molecule has 1 aromatic carbocycles. The number of benzene rings is 1. The fourth-order valence-electron chi connectivity index (χ4n) is 3.04. The van der Waals surface area contributed by atoms with Gasteiger partial charge in [-0.25, -0.2) is 0 Å². The van der Waals surface area contributed by atoms with E-state index in [9.17, 15) is 9.90 Å². The molecule has 1 fully saturated rings. The smallest absolute Gasteiger partial charge is 0.254 e. The van der Waals surface area contributed by atoms with E-state index in [4.69, 9.17) is 21.7 Å². The number of carbonyl (C=O) groups excluding carboxylic acids is 1. The van der Waals surface area contributed by atoms with Gasteiger partial charge in [0, 0.05) is 18.8 Å². The normalized spacial score (nSPS) is 20.8. The first kappa shape index (κ1) is 17.5. The number of carbonyl (C=O) groups is 1. The lowest BCUT2D eigenvalue weighted by atomic mass is 9.94. The van der Waals surface area contributed by atoms with Crippen molar-refractivity contribution in [3.05, 3.63) is 35.0 Å². The number of aromatic hydroxyl groups is 1. The van der Waals surface area contributed by atoms with Crippen LogP contribution in [0.15, 0.2) is 29.5 Å². The number of nitrogens with zero attached hydrogens (tertiary/aromatic N) is 1. The maximum absolute atomic E-state index is 13.1. The molecule has 0 aliphatic carbocycles. The molecule has 0 spiro atoms. The summed E-state index contributed by atoms with van der Waals surface area (Å²) in [5, 5.41) is 16.5. The lowest BCUT2D eigenvalue weighted by molar-refractivity contribution is -0.131. The van der Waals surface area contributed by atoms with E-state index in [1.807, 2.05) is 6.92 Å².